The van der Waals surface area contributed by atoms with E-state index in [1.165, 1.54) is 4.70 Å². The standard InChI is InChI=1S/C19H26N4O2S/c1-14-20-15-4-12-26-17(15)18(21-14)22-8-6-19(7-9-22)5-3-16(24)23(13-19)10-11-25-2/h4,12H,3,5-11,13H2,1-2H3. The van der Waals surface area contributed by atoms with Crippen LogP contribution in [0.25, 0.3) is 10.2 Å². The number of anilines is 1. The average molecular weight is 375 g/mol. The number of fused-ring (bicyclic) bond motifs is 1. The van der Waals surface area contributed by atoms with Gasteiger partial charge >= 0.3 is 0 Å². The van der Waals surface area contributed by atoms with Crippen molar-refractivity contribution >= 4 is 33.3 Å². The molecule has 6 nitrogen and oxygen atoms in total. The van der Waals surface area contributed by atoms with Crippen LogP contribution in [0.4, 0.5) is 5.82 Å². The molecule has 2 aromatic heterocycles. The van der Waals surface area contributed by atoms with Gasteiger partial charge in [0.15, 0.2) is 0 Å². The number of carbonyl (C=O) groups excluding carboxylic acids is 1. The van der Waals surface area contributed by atoms with Gasteiger partial charge in [0.05, 0.1) is 16.8 Å². The van der Waals surface area contributed by atoms with Crippen LogP contribution in [-0.2, 0) is 9.53 Å². The van der Waals surface area contributed by atoms with Gasteiger partial charge in [-0.3, -0.25) is 4.79 Å². The number of amides is 1. The highest BCUT2D eigenvalue weighted by Gasteiger charge is 2.41. The van der Waals surface area contributed by atoms with Crippen LogP contribution in [0.15, 0.2) is 11.4 Å². The van der Waals surface area contributed by atoms with Gasteiger partial charge in [0.1, 0.15) is 11.6 Å². The minimum Gasteiger partial charge on any atom is -0.383 e. The zero-order chi connectivity index (χ0) is 18.1. The molecule has 0 radical (unpaired) electrons. The molecule has 140 valence electrons. The van der Waals surface area contributed by atoms with E-state index in [9.17, 15) is 4.79 Å². The quantitative estimate of drug-likeness (QED) is 0.824. The van der Waals surface area contributed by atoms with Gasteiger partial charge in [-0.2, -0.15) is 0 Å². The Hall–Kier alpha value is -1.73. The maximum Gasteiger partial charge on any atom is 0.222 e. The third-order valence-electron chi connectivity index (χ3n) is 5.83. The van der Waals surface area contributed by atoms with Gasteiger partial charge in [0, 0.05) is 39.7 Å². The summed E-state index contributed by atoms with van der Waals surface area (Å²) in [4.78, 5) is 25.9. The van der Waals surface area contributed by atoms with Gasteiger partial charge in [-0.05, 0) is 43.0 Å². The van der Waals surface area contributed by atoms with Crippen molar-refractivity contribution in [2.75, 3.05) is 44.8 Å². The van der Waals surface area contributed by atoms with E-state index in [0.717, 1.165) is 56.1 Å². The molecule has 2 saturated heterocycles. The summed E-state index contributed by atoms with van der Waals surface area (Å²) < 4.78 is 6.36. The van der Waals surface area contributed by atoms with E-state index in [-0.39, 0.29) is 11.3 Å². The molecule has 0 aliphatic carbocycles. The zero-order valence-electron chi connectivity index (χ0n) is 15.5. The predicted molar refractivity (Wildman–Crippen MR) is 104 cm³/mol. The van der Waals surface area contributed by atoms with Crippen LogP contribution >= 0.6 is 11.3 Å². The Bertz CT molecular complexity index is 798. The number of aryl methyl sites for hydroxylation is 1. The van der Waals surface area contributed by atoms with Crippen LogP contribution in [0.1, 0.15) is 31.5 Å². The Morgan fingerprint density at radius 2 is 2.08 bits per heavy atom. The van der Waals surface area contributed by atoms with Crippen LogP contribution in [0.2, 0.25) is 0 Å². The number of rotatable bonds is 4. The predicted octanol–water partition coefficient (Wildman–Crippen LogP) is 2.86. The first-order valence-electron chi connectivity index (χ1n) is 9.34. The molecule has 4 heterocycles. The molecule has 26 heavy (non-hydrogen) atoms. The molecular weight excluding hydrogens is 348 g/mol. The van der Waals surface area contributed by atoms with Gasteiger partial charge in [-0.15, -0.1) is 11.3 Å². The number of aromatic nitrogens is 2. The first kappa shape index (κ1) is 17.7. The van der Waals surface area contributed by atoms with Crippen LogP contribution in [0.3, 0.4) is 0 Å². The third-order valence-corrected chi connectivity index (χ3v) is 6.73. The second-order valence-electron chi connectivity index (χ2n) is 7.52. The fraction of sp³-hybridized carbons (Fsp3) is 0.632. The van der Waals surface area contributed by atoms with E-state index in [1.807, 2.05) is 11.8 Å². The minimum atomic E-state index is 0.259. The van der Waals surface area contributed by atoms with Crippen LogP contribution in [0.5, 0.6) is 0 Å². The van der Waals surface area contributed by atoms with E-state index in [2.05, 4.69) is 21.3 Å². The molecule has 0 aromatic carbocycles. The lowest BCUT2D eigenvalue weighted by Gasteiger charge is -2.47. The molecule has 4 rings (SSSR count). The SMILES string of the molecule is COCCN1CC2(CCC1=O)CCN(c1nc(C)nc3ccsc13)CC2. The Morgan fingerprint density at radius 3 is 2.85 bits per heavy atom. The zero-order valence-corrected chi connectivity index (χ0v) is 16.3. The first-order valence-corrected chi connectivity index (χ1v) is 10.2. The number of methoxy groups -OCH3 is 1. The highest BCUT2D eigenvalue weighted by atomic mass is 32.1. The maximum absolute atomic E-state index is 12.2. The van der Waals surface area contributed by atoms with E-state index in [4.69, 9.17) is 9.72 Å². The van der Waals surface area contributed by atoms with E-state index in [1.54, 1.807) is 18.4 Å². The van der Waals surface area contributed by atoms with Crippen molar-refractivity contribution in [3.8, 4) is 0 Å². The molecule has 0 saturated carbocycles. The van der Waals surface area contributed by atoms with Gasteiger partial charge in [0.2, 0.25) is 5.91 Å². The van der Waals surface area contributed by atoms with Gasteiger partial charge in [-0.25, -0.2) is 9.97 Å². The Balaban J connectivity index is 1.48. The summed E-state index contributed by atoms with van der Waals surface area (Å²) in [7, 11) is 1.69. The summed E-state index contributed by atoms with van der Waals surface area (Å²) >= 11 is 1.72. The van der Waals surface area contributed by atoms with Crippen LogP contribution in [-0.4, -0.2) is 60.7 Å². The number of likely N-dealkylation sites (tertiary alicyclic amines) is 1. The van der Waals surface area contributed by atoms with Crippen molar-refractivity contribution in [1.29, 1.82) is 0 Å². The third kappa shape index (κ3) is 3.30. The number of thiophene rings is 1. The van der Waals surface area contributed by atoms with E-state index < -0.39 is 0 Å². The van der Waals surface area contributed by atoms with Crippen molar-refractivity contribution in [3.63, 3.8) is 0 Å². The highest BCUT2D eigenvalue weighted by Crippen LogP contribution is 2.42. The van der Waals surface area contributed by atoms with Crippen LogP contribution < -0.4 is 4.90 Å². The second-order valence-corrected chi connectivity index (χ2v) is 8.44. The Kier molecular flexibility index (Phi) is 4.84. The molecule has 7 heteroatoms. The first-order chi connectivity index (χ1) is 12.6. The molecule has 1 amide bonds. The monoisotopic (exact) mass is 374 g/mol. The Morgan fingerprint density at radius 1 is 1.27 bits per heavy atom. The molecule has 0 unspecified atom stereocenters. The number of nitrogens with zero attached hydrogens (tertiary/aromatic N) is 4. The minimum absolute atomic E-state index is 0.259. The number of piperidine rings is 2. The summed E-state index contributed by atoms with van der Waals surface area (Å²) in [6, 6.07) is 2.07. The van der Waals surface area contributed by atoms with Gasteiger partial charge in [0.25, 0.3) is 0 Å². The lowest BCUT2D eigenvalue weighted by Crippen LogP contribution is -2.52. The maximum atomic E-state index is 12.2. The van der Waals surface area contributed by atoms with Gasteiger partial charge in [-0.1, -0.05) is 0 Å². The topological polar surface area (TPSA) is 58.6 Å². The molecular formula is C19H26N4O2S. The summed E-state index contributed by atoms with van der Waals surface area (Å²) in [6.45, 7) is 6.16. The summed E-state index contributed by atoms with van der Waals surface area (Å²) in [5.41, 5.74) is 1.31. The molecule has 2 aliphatic heterocycles. The molecule has 0 atom stereocenters. The summed E-state index contributed by atoms with van der Waals surface area (Å²) in [5, 5.41) is 2.09. The van der Waals surface area contributed by atoms with Crippen molar-refractivity contribution in [2.45, 2.75) is 32.6 Å². The van der Waals surface area contributed by atoms with E-state index in [0.29, 0.717) is 19.6 Å². The van der Waals surface area contributed by atoms with Crippen LogP contribution in [0, 0.1) is 12.3 Å². The van der Waals surface area contributed by atoms with Crippen molar-refractivity contribution < 1.29 is 9.53 Å². The van der Waals surface area contributed by atoms with Gasteiger partial charge < -0.3 is 14.5 Å². The summed E-state index contributed by atoms with van der Waals surface area (Å²) in [6.07, 6.45) is 3.91. The molecule has 2 aliphatic rings. The molecule has 2 aromatic rings. The van der Waals surface area contributed by atoms with Crippen molar-refractivity contribution in [2.24, 2.45) is 5.41 Å². The number of carbonyl (C=O) groups is 1. The van der Waals surface area contributed by atoms with E-state index >= 15 is 0 Å². The van der Waals surface area contributed by atoms with Crippen molar-refractivity contribution in [1.82, 2.24) is 14.9 Å². The number of ether oxygens (including phenoxy) is 1. The summed E-state index contributed by atoms with van der Waals surface area (Å²) in [5.74, 6) is 2.20. The smallest absolute Gasteiger partial charge is 0.222 e. The molecule has 0 bridgehead atoms. The molecule has 2 fully saturated rings. The largest absolute Gasteiger partial charge is 0.383 e. The number of hydrogen-bond acceptors (Lipinski definition) is 6. The molecule has 1 spiro atoms. The molecule has 0 N–H and O–H groups in total. The highest BCUT2D eigenvalue weighted by molar-refractivity contribution is 7.17. The lowest BCUT2D eigenvalue weighted by molar-refractivity contribution is -0.139. The van der Waals surface area contributed by atoms with Crippen molar-refractivity contribution in [3.05, 3.63) is 17.3 Å². The average Bonchev–Trinajstić information content (AvgIpc) is 3.11. The number of hydrogen-bond donors (Lipinski definition) is 0. The Labute approximate surface area is 158 Å². The fourth-order valence-corrected chi connectivity index (χ4v) is 5.13. The second kappa shape index (κ2) is 7.12. The lowest BCUT2D eigenvalue weighted by atomic mass is 9.72. The normalized spacial score (nSPS) is 20.3. The fourth-order valence-electron chi connectivity index (χ4n) is 4.28.